The number of hydrogen-bond donors (Lipinski definition) is 1. The van der Waals surface area contributed by atoms with Crippen LogP contribution in [0, 0.1) is 6.92 Å². The van der Waals surface area contributed by atoms with Crippen molar-refractivity contribution >= 4 is 22.9 Å². The summed E-state index contributed by atoms with van der Waals surface area (Å²) in [6, 6.07) is 2.17. The fraction of sp³-hybridized carbons (Fsp3) is 0.462. The van der Waals surface area contributed by atoms with Crippen LogP contribution in [0.1, 0.15) is 23.9 Å². The Kier molecular flexibility index (Phi) is 4.80. The van der Waals surface area contributed by atoms with E-state index in [1.165, 1.54) is 5.56 Å². The van der Waals surface area contributed by atoms with E-state index in [1.807, 2.05) is 11.6 Å². The molecule has 0 saturated heterocycles. The molecule has 2 heterocycles. The molecule has 1 N–H and O–H groups in total. The first-order chi connectivity index (χ1) is 8.72. The normalized spacial score (nSPS) is 11.1. The molecule has 2 rings (SSSR count). The van der Waals surface area contributed by atoms with Crippen LogP contribution in [0.5, 0.6) is 0 Å². The minimum atomic E-state index is 0.775. The van der Waals surface area contributed by atoms with Crippen molar-refractivity contribution in [2.45, 2.75) is 33.4 Å². The molecule has 2 aromatic heterocycles. The van der Waals surface area contributed by atoms with Crippen LogP contribution in [-0.4, -0.2) is 16.3 Å². The summed E-state index contributed by atoms with van der Waals surface area (Å²) in [6.07, 6.45) is 1.06. The fourth-order valence-electron chi connectivity index (χ4n) is 1.91. The molecule has 0 atom stereocenters. The first-order valence-corrected chi connectivity index (χ1v) is 7.48. The summed E-state index contributed by atoms with van der Waals surface area (Å²) in [5, 5.41) is 12.9. The lowest BCUT2D eigenvalue weighted by atomic mass is 10.2. The summed E-state index contributed by atoms with van der Waals surface area (Å²) in [4.78, 5) is 0. The average molecular weight is 284 g/mol. The first kappa shape index (κ1) is 13.6. The number of thiophene rings is 1. The van der Waals surface area contributed by atoms with Crippen molar-refractivity contribution in [1.29, 1.82) is 0 Å². The van der Waals surface area contributed by atoms with E-state index in [0.717, 1.165) is 42.5 Å². The second kappa shape index (κ2) is 6.36. The molecule has 3 nitrogen and oxygen atoms in total. The third-order valence-corrected chi connectivity index (χ3v) is 4.14. The van der Waals surface area contributed by atoms with Gasteiger partial charge in [-0.3, -0.25) is 4.68 Å². The number of hydrogen-bond acceptors (Lipinski definition) is 3. The Bertz CT molecular complexity index is 491. The van der Waals surface area contributed by atoms with Crippen LogP contribution < -0.4 is 5.32 Å². The van der Waals surface area contributed by atoms with Gasteiger partial charge in [0.2, 0.25) is 0 Å². The Morgan fingerprint density at radius 1 is 1.50 bits per heavy atom. The maximum absolute atomic E-state index is 6.25. The molecule has 2 aromatic rings. The second-order valence-electron chi connectivity index (χ2n) is 4.22. The van der Waals surface area contributed by atoms with E-state index < -0.39 is 0 Å². The minimum absolute atomic E-state index is 0.775. The highest BCUT2D eigenvalue weighted by Crippen LogP contribution is 2.19. The predicted octanol–water partition coefficient (Wildman–Crippen LogP) is 3.26. The van der Waals surface area contributed by atoms with Crippen LogP contribution in [0.4, 0.5) is 0 Å². The average Bonchev–Trinajstić information content (AvgIpc) is 2.96. The van der Waals surface area contributed by atoms with E-state index in [2.05, 4.69) is 34.2 Å². The molecule has 0 bridgehead atoms. The van der Waals surface area contributed by atoms with Gasteiger partial charge >= 0.3 is 0 Å². The molecule has 0 fully saturated rings. The van der Waals surface area contributed by atoms with Crippen LogP contribution in [0.15, 0.2) is 16.8 Å². The Morgan fingerprint density at radius 2 is 2.33 bits per heavy atom. The molecular weight excluding hydrogens is 266 g/mol. The van der Waals surface area contributed by atoms with Crippen LogP contribution in [0.3, 0.4) is 0 Å². The lowest BCUT2D eigenvalue weighted by molar-refractivity contribution is 0.580. The highest BCUT2D eigenvalue weighted by atomic mass is 35.5. The molecule has 0 unspecified atom stereocenters. The van der Waals surface area contributed by atoms with E-state index in [0.29, 0.717) is 0 Å². The molecule has 0 aliphatic rings. The van der Waals surface area contributed by atoms with Gasteiger partial charge in [-0.2, -0.15) is 16.4 Å². The Hall–Kier alpha value is -0.840. The monoisotopic (exact) mass is 283 g/mol. The van der Waals surface area contributed by atoms with Crippen molar-refractivity contribution in [1.82, 2.24) is 15.1 Å². The van der Waals surface area contributed by atoms with Gasteiger partial charge in [-0.05, 0) is 49.2 Å². The van der Waals surface area contributed by atoms with Gasteiger partial charge in [0.05, 0.1) is 16.4 Å². The maximum Gasteiger partial charge on any atom is 0.0860 e. The van der Waals surface area contributed by atoms with Crippen molar-refractivity contribution in [2.75, 3.05) is 6.54 Å². The molecule has 0 aliphatic heterocycles. The van der Waals surface area contributed by atoms with E-state index in [1.54, 1.807) is 11.3 Å². The van der Waals surface area contributed by atoms with E-state index in [-0.39, 0.29) is 0 Å². The third-order valence-electron chi connectivity index (χ3n) is 2.92. The standard InChI is InChI=1S/C13H18ClN3S/c1-3-17-12(13(14)10(2)16-17)8-15-6-4-11-5-7-18-9-11/h5,7,9,15H,3-4,6,8H2,1-2H3. The molecule has 0 amide bonds. The molecule has 0 aromatic carbocycles. The van der Waals surface area contributed by atoms with Gasteiger partial charge in [0.25, 0.3) is 0 Å². The highest BCUT2D eigenvalue weighted by molar-refractivity contribution is 7.07. The van der Waals surface area contributed by atoms with Crippen molar-refractivity contribution in [2.24, 2.45) is 0 Å². The topological polar surface area (TPSA) is 29.9 Å². The highest BCUT2D eigenvalue weighted by Gasteiger charge is 2.11. The van der Waals surface area contributed by atoms with Crippen molar-refractivity contribution in [3.63, 3.8) is 0 Å². The Morgan fingerprint density at radius 3 is 3.00 bits per heavy atom. The zero-order valence-corrected chi connectivity index (χ0v) is 12.3. The molecule has 98 valence electrons. The van der Waals surface area contributed by atoms with Gasteiger partial charge in [-0.1, -0.05) is 11.6 Å². The number of rotatable bonds is 6. The van der Waals surface area contributed by atoms with Gasteiger partial charge in [0.15, 0.2) is 0 Å². The van der Waals surface area contributed by atoms with Gasteiger partial charge in [-0.25, -0.2) is 0 Å². The molecule has 18 heavy (non-hydrogen) atoms. The first-order valence-electron chi connectivity index (χ1n) is 6.16. The summed E-state index contributed by atoms with van der Waals surface area (Å²) in [6.45, 7) is 6.62. The molecule has 0 saturated carbocycles. The number of aryl methyl sites for hydroxylation is 2. The molecule has 0 spiro atoms. The fourth-order valence-corrected chi connectivity index (χ4v) is 2.82. The van der Waals surface area contributed by atoms with Gasteiger partial charge in [-0.15, -0.1) is 0 Å². The van der Waals surface area contributed by atoms with Crippen LogP contribution in [-0.2, 0) is 19.5 Å². The molecular formula is C13H18ClN3S. The smallest absolute Gasteiger partial charge is 0.0860 e. The summed E-state index contributed by atoms with van der Waals surface area (Å²) < 4.78 is 1.97. The Balaban J connectivity index is 1.86. The summed E-state index contributed by atoms with van der Waals surface area (Å²) in [7, 11) is 0. The van der Waals surface area contributed by atoms with Gasteiger partial charge in [0.1, 0.15) is 0 Å². The largest absolute Gasteiger partial charge is 0.311 e. The number of halogens is 1. The lowest BCUT2D eigenvalue weighted by Gasteiger charge is -2.07. The van der Waals surface area contributed by atoms with Gasteiger partial charge < -0.3 is 5.32 Å². The summed E-state index contributed by atoms with van der Waals surface area (Å²) in [5.41, 5.74) is 3.38. The van der Waals surface area contributed by atoms with Gasteiger partial charge in [0, 0.05) is 13.1 Å². The zero-order chi connectivity index (χ0) is 13.0. The van der Waals surface area contributed by atoms with E-state index >= 15 is 0 Å². The number of aromatic nitrogens is 2. The number of nitrogens with zero attached hydrogens (tertiary/aromatic N) is 2. The molecule has 5 heteroatoms. The zero-order valence-electron chi connectivity index (χ0n) is 10.7. The van der Waals surface area contributed by atoms with Crippen molar-refractivity contribution in [3.8, 4) is 0 Å². The van der Waals surface area contributed by atoms with Crippen molar-refractivity contribution < 1.29 is 0 Å². The number of nitrogens with one attached hydrogen (secondary N) is 1. The van der Waals surface area contributed by atoms with Crippen LogP contribution >= 0.6 is 22.9 Å². The van der Waals surface area contributed by atoms with E-state index in [9.17, 15) is 0 Å². The van der Waals surface area contributed by atoms with Crippen LogP contribution in [0.25, 0.3) is 0 Å². The Labute approximate surface area is 117 Å². The second-order valence-corrected chi connectivity index (χ2v) is 5.38. The summed E-state index contributed by atoms with van der Waals surface area (Å²) >= 11 is 7.99. The van der Waals surface area contributed by atoms with E-state index in [4.69, 9.17) is 11.6 Å². The third kappa shape index (κ3) is 3.13. The molecule has 0 radical (unpaired) electrons. The maximum atomic E-state index is 6.25. The quantitative estimate of drug-likeness (QED) is 0.825. The minimum Gasteiger partial charge on any atom is -0.311 e. The predicted molar refractivity (Wildman–Crippen MR) is 77.4 cm³/mol. The summed E-state index contributed by atoms with van der Waals surface area (Å²) in [5.74, 6) is 0. The SMILES string of the molecule is CCn1nc(C)c(Cl)c1CNCCc1ccsc1. The van der Waals surface area contributed by atoms with Crippen LogP contribution in [0.2, 0.25) is 5.02 Å². The molecule has 0 aliphatic carbocycles. The van der Waals surface area contributed by atoms with Crippen molar-refractivity contribution in [3.05, 3.63) is 38.8 Å². The lowest BCUT2D eigenvalue weighted by Crippen LogP contribution is -2.19.